The molecule has 183 valence electrons. The minimum Gasteiger partial charge on any atom is -0.480 e. The normalized spacial score (nSPS) is 18.3. The smallest absolute Gasteiger partial charge is 0.480 e. The molecule has 11 heteroatoms. The van der Waals surface area contributed by atoms with Gasteiger partial charge in [0.1, 0.15) is 0 Å². The Hall–Kier alpha value is -2.04. The zero-order valence-electron chi connectivity index (χ0n) is 19.0. The fourth-order valence-corrected chi connectivity index (χ4v) is 4.24. The van der Waals surface area contributed by atoms with E-state index in [9.17, 15) is 29.7 Å². The second kappa shape index (κ2) is 14.3. The number of carbonyl (C=O) groups is 3. The van der Waals surface area contributed by atoms with Crippen LogP contribution in [0.3, 0.4) is 0 Å². The topological polar surface area (TPSA) is 140 Å². The van der Waals surface area contributed by atoms with Crippen LogP contribution in [-0.4, -0.2) is 85.8 Å². The van der Waals surface area contributed by atoms with Crippen molar-refractivity contribution in [3.05, 3.63) is 29.6 Å². The van der Waals surface area contributed by atoms with Gasteiger partial charge in [0.05, 0.1) is 38.0 Å². The number of ether oxygens (including phenoxy) is 1. The predicted octanol–water partition coefficient (Wildman–Crippen LogP) is 1.67. The van der Waals surface area contributed by atoms with E-state index in [2.05, 4.69) is 4.98 Å². The van der Waals surface area contributed by atoms with Crippen LogP contribution >= 0.6 is 0 Å². The van der Waals surface area contributed by atoms with Crippen molar-refractivity contribution < 1.29 is 51.5 Å². The standard InChI is InChI=1S/C22H33N3O7.Mn/c1-15(2)32-14-16-6-5-9-23-17(16)10-24(11-20(26)27)18-7-3-4-8-19(18)25(12-21(28)29)13-22(30)31;/h5-6,9,15,18-19H,3-4,7-8,10-14H2,1-2H3,(H,26,27)(H,28,29)(H,30,31);/q;+2/t18-,19?;/m0./s1. The fraction of sp³-hybridized carbons (Fsp3) is 0.636. The summed E-state index contributed by atoms with van der Waals surface area (Å²) in [7, 11) is 0. The summed E-state index contributed by atoms with van der Waals surface area (Å²) in [6.07, 6.45) is 4.62. The van der Waals surface area contributed by atoms with Crippen LogP contribution < -0.4 is 0 Å². The summed E-state index contributed by atoms with van der Waals surface area (Å²) in [4.78, 5) is 42.1. The van der Waals surface area contributed by atoms with Crippen LogP contribution in [0.2, 0.25) is 0 Å². The number of rotatable bonds is 13. The molecule has 10 nitrogen and oxygen atoms in total. The Kier molecular flexibility index (Phi) is 12.5. The summed E-state index contributed by atoms with van der Waals surface area (Å²) in [6.45, 7) is 3.38. The first-order valence-corrected chi connectivity index (χ1v) is 10.8. The summed E-state index contributed by atoms with van der Waals surface area (Å²) in [6, 6.07) is 3.01. The van der Waals surface area contributed by atoms with Crippen LogP contribution in [0.4, 0.5) is 0 Å². The van der Waals surface area contributed by atoms with Gasteiger partial charge in [-0.15, -0.1) is 0 Å². The second-order valence-corrected chi connectivity index (χ2v) is 8.38. The number of carboxylic acids is 3. The Balaban J connectivity index is 0.00000544. The number of nitrogens with zero attached hydrogens (tertiary/aromatic N) is 3. The van der Waals surface area contributed by atoms with E-state index in [0.29, 0.717) is 25.1 Å². The van der Waals surface area contributed by atoms with E-state index in [-0.39, 0.29) is 48.3 Å². The van der Waals surface area contributed by atoms with E-state index in [1.165, 1.54) is 4.90 Å². The van der Waals surface area contributed by atoms with Gasteiger partial charge in [-0.3, -0.25) is 29.2 Å². The minimum absolute atomic E-state index is 0. The minimum atomic E-state index is -1.11. The van der Waals surface area contributed by atoms with E-state index in [1.54, 1.807) is 17.2 Å². The molecule has 1 aliphatic rings. The molecule has 1 radical (unpaired) electrons. The second-order valence-electron chi connectivity index (χ2n) is 8.38. The Morgan fingerprint density at radius 1 is 1.00 bits per heavy atom. The van der Waals surface area contributed by atoms with Gasteiger partial charge >= 0.3 is 35.0 Å². The van der Waals surface area contributed by atoms with Crippen molar-refractivity contribution in [2.24, 2.45) is 0 Å². The summed E-state index contributed by atoms with van der Waals surface area (Å²) < 4.78 is 5.71. The van der Waals surface area contributed by atoms with Gasteiger partial charge in [-0.05, 0) is 32.8 Å². The van der Waals surface area contributed by atoms with Gasteiger partial charge in [0.2, 0.25) is 0 Å². The van der Waals surface area contributed by atoms with Crippen LogP contribution in [0.15, 0.2) is 18.3 Å². The number of hydrogen-bond donors (Lipinski definition) is 3. The molecule has 0 spiro atoms. The van der Waals surface area contributed by atoms with Crippen LogP contribution in [0.25, 0.3) is 0 Å². The molecule has 2 atom stereocenters. The van der Waals surface area contributed by atoms with Crippen molar-refractivity contribution in [2.45, 2.75) is 70.9 Å². The van der Waals surface area contributed by atoms with Gasteiger partial charge in [0.25, 0.3) is 0 Å². The SMILES string of the molecule is CC(C)OCc1cccnc1CN(CC(=O)O)[C@H]1CCCCC1N(CC(=O)O)CC(=O)O.[Mn+2]. The van der Waals surface area contributed by atoms with Crippen LogP contribution in [0.1, 0.15) is 50.8 Å². The number of aliphatic carboxylic acids is 3. The Morgan fingerprint density at radius 2 is 1.52 bits per heavy atom. The van der Waals surface area contributed by atoms with Crippen molar-refractivity contribution in [3.63, 3.8) is 0 Å². The summed E-state index contributed by atoms with van der Waals surface area (Å²) in [5.74, 6) is -3.23. The Labute approximate surface area is 204 Å². The molecule has 0 saturated heterocycles. The fourth-order valence-electron chi connectivity index (χ4n) is 4.24. The molecule has 0 aromatic carbocycles. The molecule has 1 aliphatic carbocycles. The average molecular weight is 506 g/mol. The number of aromatic nitrogens is 1. The van der Waals surface area contributed by atoms with Gasteiger partial charge in [-0.2, -0.15) is 0 Å². The Bertz CT molecular complexity index is 777. The first kappa shape index (κ1) is 29.0. The number of hydrogen-bond acceptors (Lipinski definition) is 7. The van der Waals surface area contributed by atoms with Crippen LogP contribution in [-0.2, 0) is 49.3 Å². The molecular weight excluding hydrogens is 473 g/mol. The largest absolute Gasteiger partial charge is 2.00 e. The van der Waals surface area contributed by atoms with Crippen molar-refractivity contribution in [1.29, 1.82) is 0 Å². The average Bonchev–Trinajstić information content (AvgIpc) is 2.71. The van der Waals surface area contributed by atoms with E-state index in [0.717, 1.165) is 18.4 Å². The van der Waals surface area contributed by atoms with E-state index < -0.39 is 31.0 Å². The maximum absolute atomic E-state index is 11.7. The molecule has 0 aliphatic heterocycles. The first-order valence-electron chi connectivity index (χ1n) is 10.8. The zero-order chi connectivity index (χ0) is 23.7. The molecule has 0 bridgehead atoms. The third-order valence-corrected chi connectivity index (χ3v) is 5.56. The maximum Gasteiger partial charge on any atom is 2.00 e. The Morgan fingerprint density at radius 3 is 2.03 bits per heavy atom. The van der Waals surface area contributed by atoms with Gasteiger partial charge in [0.15, 0.2) is 0 Å². The third kappa shape index (κ3) is 9.77. The molecule has 1 unspecified atom stereocenters. The molecule has 3 N–H and O–H groups in total. The molecule has 33 heavy (non-hydrogen) atoms. The molecule has 1 aromatic rings. The van der Waals surface area contributed by atoms with Crippen molar-refractivity contribution >= 4 is 17.9 Å². The summed E-state index contributed by atoms with van der Waals surface area (Å²) >= 11 is 0. The third-order valence-electron chi connectivity index (χ3n) is 5.56. The van der Waals surface area contributed by atoms with Gasteiger partial charge in [0, 0.05) is 30.4 Å². The predicted molar refractivity (Wildman–Crippen MR) is 115 cm³/mol. The summed E-state index contributed by atoms with van der Waals surface area (Å²) in [5.41, 5.74) is 1.55. The van der Waals surface area contributed by atoms with Gasteiger partial charge in [-0.1, -0.05) is 18.9 Å². The monoisotopic (exact) mass is 506 g/mol. The van der Waals surface area contributed by atoms with Gasteiger partial charge in [-0.25, -0.2) is 0 Å². The quantitative estimate of drug-likeness (QED) is 0.339. The van der Waals surface area contributed by atoms with Crippen LogP contribution in [0, 0.1) is 0 Å². The van der Waals surface area contributed by atoms with Crippen molar-refractivity contribution in [1.82, 2.24) is 14.8 Å². The first-order chi connectivity index (χ1) is 15.2. The molecular formula is C22H33MnN3O7+2. The molecule has 1 saturated carbocycles. The van der Waals surface area contributed by atoms with Crippen molar-refractivity contribution in [2.75, 3.05) is 19.6 Å². The molecule has 2 rings (SSSR count). The van der Waals surface area contributed by atoms with E-state index >= 15 is 0 Å². The molecule has 0 amide bonds. The zero-order valence-corrected chi connectivity index (χ0v) is 20.2. The number of pyridine rings is 1. The van der Waals surface area contributed by atoms with Crippen LogP contribution in [0.5, 0.6) is 0 Å². The van der Waals surface area contributed by atoms with E-state index in [1.807, 2.05) is 19.9 Å². The summed E-state index contributed by atoms with van der Waals surface area (Å²) in [5, 5.41) is 28.2. The number of carboxylic acid groups (broad SMARTS) is 3. The maximum atomic E-state index is 11.7. The molecule has 1 aromatic heterocycles. The van der Waals surface area contributed by atoms with Crippen molar-refractivity contribution in [3.8, 4) is 0 Å². The van der Waals surface area contributed by atoms with Gasteiger partial charge < -0.3 is 20.1 Å². The molecule has 1 heterocycles. The molecule has 1 fully saturated rings. The van der Waals surface area contributed by atoms with E-state index in [4.69, 9.17) is 4.74 Å².